The molecule has 0 fully saturated rings. The third-order valence-corrected chi connectivity index (χ3v) is 5.94. The van der Waals surface area contributed by atoms with Crippen molar-refractivity contribution in [1.82, 2.24) is 10.5 Å². The van der Waals surface area contributed by atoms with Gasteiger partial charge in [0.2, 0.25) is 0 Å². The molecule has 0 aliphatic heterocycles. The highest BCUT2D eigenvalue weighted by Gasteiger charge is 2.18. The van der Waals surface area contributed by atoms with Crippen molar-refractivity contribution in [3.8, 4) is 10.6 Å². The Labute approximate surface area is 160 Å². The van der Waals surface area contributed by atoms with Crippen LogP contribution in [0.25, 0.3) is 10.6 Å². The van der Waals surface area contributed by atoms with Crippen LogP contribution in [0.15, 0.2) is 52.4 Å². The fourth-order valence-corrected chi connectivity index (χ4v) is 4.22. The highest BCUT2D eigenvalue weighted by Crippen LogP contribution is 2.27. The van der Waals surface area contributed by atoms with Gasteiger partial charge in [-0.2, -0.15) is 11.8 Å². The monoisotopic (exact) mass is 388 g/mol. The number of carbonyl (C=O) groups excluding carboxylic acids is 1. The minimum Gasteiger partial charge on any atom is -0.394 e. The predicted octanol–water partition coefficient (Wildman–Crippen LogP) is 3.74. The zero-order chi connectivity index (χ0) is 18.4. The number of aryl methyl sites for hydroxylation is 1. The summed E-state index contributed by atoms with van der Waals surface area (Å²) in [5.74, 6) is 1.69. The second kappa shape index (κ2) is 9.02. The molecule has 0 aliphatic carbocycles. The van der Waals surface area contributed by atoms with Crippen LogP contribution < -0.4 is 5.32 Å². The van der Waals surface area contributed by atoms with Crippen LogP contribution in [0.3, 0.4) is 0 Å². The highest BCUT2D eigenvalue weighted by molar-refractivity contribution is 7.98. The van der Waals surface area contributed by atoms with Gasteiger partial charge in [-0.25, -0.2) is 0 Å². The standard InChI is InChI=1S/C19H20N2O3S2/c1-13-7-18(26-10-13)17-8-16(21-24-17)19(23)20-15(9-22)12-25-11-14-5-3-2-4-6-14/h2-8,10,15,22H,9,11-12H2,1H3,(H,20,23)/t15-/m0/s1. The second-order valence-corrected chi connectivity index (χ2v) is 7.86. The minimum absolute atomic E-state index is 0.123. The van der Waals surface area contributed by atoms with Crippen molar-refractivity contribution in [3.05, 3.63) is 64.7 Å². The van der Waals surface area contributed by atoms with Crippen LogP contribution in [0.1, 0.15) is 21.6 Å². The molecule has 0 saturated heterocycles. The fraction of sp³-hybridized carbons (Fsp3) is 0.263. The van der Waals surface area contributed by atoms with Gasteiger partial charge in [-0.15, -0.1) is 11.3 Å². The molecule has 1 amide bonds. The van der Waals surface area contributed by atoms with E-state index in [1.165, 1.54) is 5.56 Å². The molecule has 0 bridgehead atoms. The lowest BCUT2D eigenvalue weighted by atomic mass is 10.2. The van der Waals surface area contributed by atoms with Crippen LogP contribution in [0.2, 0.25) is 0 Å². The number of carbonyl (C=O) groups is 1. The lowest BCUT2D eigenvalue weighted by Crippen LogP contribution is -2.39. The summed E-state index contributed by atoms with van der Waals surface area (Å²) in [6, 6.07) is 13.4. The Morgan fingerprint density at radius 3 is 2.85 bits per heavy atom. The van der Waals surface area contributed by atoms with Crippen molar-refractivity contribution in [2.75, 3.05) is 12.4 Å². The van der Waals surface area contributed by atoms with E-state index in [2.05, 4.69) is 22.6 Å². The molecule has 7 heteroatoms. The number of aromatic nitrogens is 1. The summed E-state index contributed by atoms with van der Waals surface area (Å²) < 4.78 is 5.27. The Bertz CT molecular complexity index is 845. The summed E-state index contributed by atoms with van der Waals surface area (Å²) in [6.07, 6.45) is 0. The lowest BCUT2D eigenvalue weighted by molar-refractivity contribution is 0.0914. The number of nitrogens with zero attached hydrogens (tertiary/aromatic N) is 1. The Hall–Kier alpha value is -2.09. The van der Waals surface area contributed by atoms with Gasteiger partial charge in [0.15, 0.2) is 11.5 Å². The first-order valence-electron chi connectivity index (χ1n) is 8.21. The first kappa shape index (κ1) is 18.7. The third-order valence-electron chi connectivity index (χ3n) is 3.70. The minimum atomic E-state index is -0.340. The van der Waals surface area contributed by atoms with Gasteiger partial charge >= 0.3 is 0 Å². The Kier molecular flexibility index (Phi) is 6.49. The van der Waals surface area contributed by atoms with Gasteiger partial charge in [0.1, 0.15) is 0 Å². The summed E-state index contributed by atoms with van der Waals surface area (Å²) >= 11 is 3.21. The molecular weight excluding hydrogens is 368 g/mol. The lowest BCUT2D eigenvalue weighted by Gasteiger charge is -2.15. The van der Waals surface area contributed by atoms with E-state index in [1.54, 1.807) is 29.2 Å². The first-order chi connectivity index (χ1) is 12.7. The fourth-order valence-electron chi connectivity index (χ4n) is 2.35. The number of rotatable bonds is 8. The summed E-state index contributed by atoms with van der Waals surface area (Å²) in [5, 5.41) is 18.2. The van der Waals surface area contributed by atoms with Crippen LogP contribution in [0.5, 0.6) is 0 Å². The van der Waals surface area contributed by atoms with Gasteiger partial charge in [0.25, 0.3) is 5.91 Å². The van der Waals surface area contributed by atoms with Crippen molar-refractivity contribution in [3.63, 3.8) is 0 Å². The summed E-state index contributed by atoms with van der Waals surface area (Å²) in [6.45, 7) is 1.88. The molecule has 0 aliphatic rings. The Morgan fingerprint density at radius 1 is 1.35 bits per heavy atom. The average Bonchev–Trinajstić information content (AvgIpc) is 3.30. The normalized spacial score (nSPS) is 12.1. The first-order valence-corrected chi connectivity index (χ1v) is 10.2. The summed E-state index contributed by atoms with van der Waals surface area (Å²) in [5.41, 5.74) is 2.58. The van der Waals surface area contributed by atoms with Crippen LogP contribution in [0, 0.1) is 6.92 Å². The van der Waals surface area contributed by atoms with Crippen LogP contribution in [0.4, 0.5) is 0 Å². The van der Waals surface area contributed by atoms with Gasteiger partial charge in [-0.1, -0.05) is 35.5 Å². The topological polar surface area (TPSA) is 75.4 Å². The quantitative estimate of drug-likeness (QED) is 0.615. The molecule has 0 saturated carbocycles. The molecule has 1 aromatic carbocycles. The van der Waals surface area contributed by atoms with E-state index in [-0.39, 0.29) is 24.2 Å². The molecule has 5 nitrogen and oxygen atoms in total. The molecule has 3 rings (SSSR count). The van der Waals surface area contributed by atoms with Crippen molar-refractivity contribution in [2.45, 2.75) is 18.7 Å². The molecule has 26 heavy (non-hydrogen) atoms. The maximum Gasteiger partial charge on any atom is 0.273 e. The largest absolute Gasteiger partial charge is 0.394 e. The van der Waals surface area contributed by atoms with E-state index in [4.69, 9.17) is 4.52 Å². The SMILES string of the molecule is Cc1csc(-c2cc(C(=O)N[C@@H](CO)CSCc3ccccc3)no2)c1. The number of benzene rings is 1. The molecule has 0 spiro atoms. The number of aliphatic hydroxyl groups excluding tert-OH is 1. The van der Waals surface area contributed by atoms with Gasteiger partial charge in [-0.05, 0) is 29.5 Å². The van der Waals surface area contributed by atoms with Gasteiger partial charge in [0, 0.05) is 17.6 Å². The maximum atomic E-state index is 12.3. The summed E-state index contributed by atoms with van der Waals surface area (Å²) in [7, 11) is 0. The van der Waals surface area contributed by atoms with Crippen LogP contribution in [-0.4, -0.2) is 34.6 Å². The van der Waals surface area contributed by atoms with Crippen LogP contribution in [-0.2, 0) is 5.75 Å². The average molecular weight is 389 g/mol. The predicted molar refractivity (Wildman–Crippen MR) is 105 cm³/mol. The van der Waals surface area contributed by atoms with Crippen molar-refractivity contribution < 1.29 is 14.4 Å². The zero-order valence-corrected chi connectivity index (χ0v) is 16.0. The number of aliphatic hydroxyl groups is 1. The smallest absolute Gasteiger partial charge is 0.273 e. The number of nitrogens with one attached hydrogen (secondary N) is 1. The van der Waals surface area contributed by atoms with Gasteiger partial charge in [0.05, 0.1) is 17.5 Å². The van der Waals surface area contributed by atoms with Crippen molar-refractivity contribution in [1.29, 1.82) is 0 Å². The molecular formula is C19H20N2O3S2. The number of hydrogen-bond donors (Lipinski definition) is 2. The van der Waals surface area contributed by atoms with E-state index >= 15 is 0 Å². The Balaban J connectivity index is 1.53. The molecule has 2 aromatic heterocycles. The van der Waals surface area contributed by atoms with Gasteiger partial charge in [-0.3, -0.25) is 4.79 Å². The molecule has 0 unspecified atom stereocenters. The maximum absolute atomic E-state index is 12.3. The molecule has 3 aromatic rings. The third kappa shape index (κ3) is 4.97. The molecule has 136 valence electrons. The van der Waals surface area contributed by atoms with Gasteiger partial charge < -0.3 is 14.9 Å². The van der Waals surface area contributed by atoms with E-state index < -0.39 is 0 Å². The van der Waals surface area contributed by atoms with E-state index in [1.807, 2.05) is 36.6 Å². The molecule has 1 atom stereocenters. The van der Waals surface area contributed by atoms with E-state index in [0.717, 1.165) is 16.2 Å². The Morgan fingerprint density at radius 2 is 2.15 bits per heavy atom. The zero-order valence-electron chi connectivity index (χ0n) is 14.3. The van der Waals surface area contributed by atoms with Crippen molar-refractivity contribution >= 4 is 29.0 Å². The molecule has 2 N–H and O–H groups in total. The molecule has 0 radical (unpaired) electrons. The second-order valence-electron chi connectivity index (χ2n) is 5.92. The number of thioether (sulfide) groups is 1. The van der Waals surface area contributed by atoms with E-state index in [9.17, 15) is 9.90 Å². The number of thiophene rings is 1. The van der Waals surface area contributed by atoms with E-state index in [0.29, 0.717) is 11.5 Å². The summed E-state index contributed by atoms with van der Waals surface area (Å²) in [4.78, 5) is 13.3. The number of hydrogen-bond acceptors (Lipinski definition) is 6. The van der Waals surface area contributed by atoms with Crippen molar-refractivity contribution in [2.24, 2.45) is 0 Å². The highest BCUT2D eigenvalue weighted by atomic mass is 32.2. The van der Waals surface area contributed by atoms with Crippen LogP contribution >= 0.6 is 23.1 Å². The number of amides is 1. The molecule has 2 heterocycles.